The van der Waals surface area contributed by atoms with Gasteiger partial charge in [-0.05, 0) is 62.9 Å². The molecule has 2 aromatic carbocycles. The lowest BCUT2D eigenvalue weighted by Gasteiger charge is -2.26. The lowest BCUT2D eigenvalue weighted by Crippen LogP contribution is -2.37. The summed E-state index contributed by atoms with van der Waals surface area (Å²) in [7, 11) is 0. The number of hydrogen-bond donors (Lipinski definition) is 2. The van der Waals surface area contributed by atoms with Gasteiger partial charge in [0.25, 0.3) is 5.91 Å². The molecule has 0 saturated carbocycles. The van der Waals surface area contributed by atoms with Crippen molar-refractivity contribution in [3.63, 3.8) is 0 Å². The lowest BCUT2D eigenvalue weighted by atomic mass is 10.1. The fourth-order valence-electron chi connectivity index (χ4n) is 4.90. The zero-order valence-corrected chi connectivity index (χ0v) is 21.3. The highest BCUT2D eigenvalue weighted by Crippen LogP contribution is 2.24. The summed E-state index contributed by atoms with van der Waals surface area (Å²) in [6.07, 6.45) is 6.64. The molecule has 2 amide bonds. The van der Waals surface area contributed by atoms with Crippen LogP contribution in [0.5, 0.6) is 5.75 Å². The van der Waals surface area contributed by atoms with Crippen molar-refractivity contribution >= 4 is 11.8 Å². The largest absolute Gasteiger partial charge is 0.493 e. The number of amides is 2. The van der Waals surface area contributed by atoms with Gasteiger partial charge in [-0.1, -0.05) is 42.8 Å². The molecule has 0 radical (unpaired) electrons. The molecule has 1 fully saturated rings. The van der Waals surface area contributed by atoms with Crippen molar-refractivity contribution in [3.8, 4) is 5.75 Å². The maximum Gasteiger partial charge on any atom is 0.251 e. The third-order valence-electron chi connectivity index (χ3n) is 6.90. The predicted molar refractivity (Wildman–Crippen MR) is 142 cm³/mol. The summed E-state index contributed by atoms with van der Waals surface area (Å²) in [6, 6.07) is 15.9. The first-order chi connectivity index (χ1) is 17.7. The fraction of sp³-hybridized carbons (Fsp3) is 0.517. The van der Waals surface area contributed by atoms with Gasteiger partial charge in [-0.25, -0.2) is 0 Å². The number of rotatable bonds is 6. The molecule has 4 rings (SSSR count). The summed E-state index contributed by atoms with van der Waals surface area (Å²) >= 11 is 0. The molecule has 36 heavy (non-hydrogen) atoms. The molecule has 2 aliphatic rings. The van der Waals surface area contributed by atoms with E-state index >= 15 is 0 Å². The van der Waals surface area contributed by atoms with Crippen LogP contribution in [0.4, 0.5) is 0 Å². The van der Waals surface area contributed by atoms with Gasteiger partial charge in [0.2, 0.25) is 5.91 Å². The SMILES string of the molecule is O=C1CN(Cc2ccccc2)Cc2ccc(C(=O)NCCN3CCCCC3)cc2OCCCCCN1. The summed E-state index contributed by atoms with van der Waals surface area (Å²) in [5, 5.41) is 6.13. The Balaban J connectivity index is 1.46. The maximum atomic E-state index is 12.9. The number of benzene rings is 2. The number of piperidine rings is 1. The number of ether oxygens (including phenoxy) is 1. The minimum Gasteiger partial charge on any atom is -0.493 e. The molecule has 2 aliphatic heterocycles. The van der Waals surface area contributed by atoms with Crippen LogP contribution in [-0.4, -0.2) is 67.5 Å². The minimum atomic E-state index is -0.0677. The molecule has 0 aromatic heterocycles. The van der Waals surface area contributed by atoms with E-state index in [1.165, 1.54) is 19.3 Å². The number of nitrogens with one attached hydrogen (secondary N) is 2. The highest BCUT2D eigenvalue weighted by atomic mass is 16.5. The van der Waals surface area contributed by atoms with Gasteiger partial charge < -0.3 is 20.3 Å². The number of nitrogens with zero attached hydrogens (tertiary/aromatic N) is 2. The first kappa shape index (κ1) is 26.2. The van der Waals surface area contributed by atoms with Gasteiger partial charge in [-0.3, -0.25) is 14.5 Å². The normalized spacial score (nSPS) is 18.5. The second-order valence-electron chi connectivity index (χ2n) is 9.87. The molecule has 1 saturated heterocycles. The first-order valence-corrected chi connectivity index (χ1v) is 13.5. The van der Waals surface area contributed by atoms with Crippen LogP contribution in [0.1, 0.15) is 60.0 Å². The lowest BCUT2D eigenvalue weighted by molar-refractivity contribution is -0.122. The Hall–Kier alpha value is -2.90. The van der Waals surface area contributed by atoms with E-state index in [0.717, 1.165) is 55.8 Å². The van der Waals surface area contributed by atoms with E-state index in [0.29, 0.717) is 44.9 Å². The van der Waals surface area contributed by atoms with Crippen molar-refractivity contribution in [2.75, 3.05) is 45.9 Å². The van der Waals surface area contributed by atoms with Crippen molar-refractivity contribution in [1.29, 1.82) is 0 Å². The van der Waals surface area contributed by atoms with Crippen LogP contribution in [0.25, 0.3) is 0 Å². The van der Waals surface area contributed by atoms with Gasteiger partial charge in [0.1, 0.15) is 5.75 Å². The quantitative estimate of drug-likeness (QED) is 0.645. The molecule has 7 heteroatoms. The molecule has 2 aromatic rings. The zero-order chi connectivity index (χ0) is 25.0. The van der Waals surface area contributed by atoms with Crippen molar-refractivity contribution in [2.45, 2.75) is 51.6 Å². The van der Waals surface area contributed by atoms with Crippen LogP contribution in [0, 0.1) is 0 Å². The van der Waals surface area contributed by atoms with E-state index in [2.05, 4.69) is 32.6 Å². The van der Waals surface area contributed by atoms with Crippen molar-refractivity contribution < 1.29 is 14.3 Å². The number of fused-ring (bicyclic) bond motifs is 1. The van der Waals surface area contributed by atoms with Crippen molar-refractivity contribution in [3.05, 3.63) is 65.2 Å². The van der Waals surface area contributed by atoms with Crippen LogP contribution >= 0.6 is 0 Å². The van der Waals surface area contributed by atoms with Gasteiger partial charge in [-0.15, -0.1) is 0 Å². The Kier molecular flexibility index (Phi) is 10.2. The minimum absolute atomic E-state index is 0.0392. The summed E-state index contributed by atoms with van der Waals surface area (Å²) in [4.78, 5) is 30.1. The topological polar surface area (TPSA) is 73.9 Å². The third-order valence-corrected chi connectivity index (χ3v) is 6.90. The van der Waals surface area contributed by atoms with Gasteiger partial charge >= 0.3 is 0 Å². The Morgan fingerprint density at radius 3 is 2.56 bits per heavy atom. The Morgan fingerprint density at radius 2 is 1.72 bits per heavy atom. The Labute approximate surface area is 215 Å². The average Bonchev–Trinajstić information content (AvgIpc) is 2.91. The number of likely N-dealkylation sites (tertiary alicyclic amines) is 1. The van der Waals surface area contributed by atoms with Gasteiger partial charge in [0, 0.05) is 43.9 Å². The smallest absolute Gasteiger partial charge is 0.251 e. The number of hydrogen-bond acceptors (Lipinski definition) is 5. The summed E-state index contributed by atoms with van der Waals surface area (Å²) in [6.45, 7) is 6.61. The van der Waals surface area contributed by atoms with E-state index in [4.69, 9.17) is 4.74 Å². The molecular weight excluding hydrogens is 452 g/mol. The Bertz CT molecular complexity index is 976. The second-order valence-corrected chi connectivity index (χ2v) is 9.87. The van der Waals surface area contributed by atoms with Crippen LogP contribution in [-0.2, 0) is 17.9 Å². The standard InChI is InChI=1S/C29H40N4O3/c34-28-23-33(21-24-10-4-1-5-11-24)22-26-13-12-25(20-27(26)36-19-9-2-6-14-30-28)29(35)31-15-18-32-16-7-3-8-17-32/h1,4-5,10-13,20H,2-3,6-9,14-19,21-23H2,(H,30,34)(H,31,35). The highest BCUT2D eigenvalue weighted by Gasteiger charge is 2.18. The number of carbonyl (C=O) groups excluding carboxylic acids is 2. The van der Waals surface area contributed by atoms with Crippen LogP contribution in [0.3, 0.4) is 0 Å². The molecule has 0 bridgehead atoms. The molecule has 0 unspecified atom stereocenters. The summed E-state index contributed by atoms with van der Waals surface area (Å²) in [5.41, 5.74) is 2.76. The zero-order valence-electron chi connectivity index (χ0n) is 21.3. The monoisotopic (exact) mass is 492 g/mol. The molecule has 2 N–H and O–H groups in total. The van der Waals surface area contributed by atoms with E-state index in [1.807, 2.05) is 36.4 Å². The van der Waals surface area contributed by atoms with Crippen molar-refractivity contribution in [1.82, 2.24) is 20.4 Å². The molecule has 194 valence electrons. The summed E-state index contributed by atoms with van der Waals surface area (Å²) < 4.78 is 6.20. The Morgan fingerprint density at radius 1 is 0.917 bits per heavy atom. The average molecular weight is 493 g/mol. The molecule has 0 aliphatic carbocycles. The molecule has 2 heterocycles. The van der Waals surface area contributed by atoms with E-state index in [9.17, 15) is 9.59 Å². The fourth-order valence-corrected chi connectivity index (χ4v) is 4.90. The van der Waals surface area contributed by atoms with Crippen LogP contribution < -0.4 is 15.4 Å². The highest BCUT2D eigenvalue weighted by molar-refractivity contribution is 5.94. The van der Waals surface area contributed by atoms with E-state index in [-0.39, 0.29) is 11.8 Å². The van der Waals surface area contributed by atoms with Gasteiger partial charge in [0.15, 0.2) is 0 Å². The third kappa shape index (κ3) is 8.35. The summed E-state index contributed by atoms with van der Waals surface area (Å²) in [5.74, 6) is 0.704. The van der Waals surface area contributed by atoms with Crippen LogP contribution in [0.2, 0.25) is 0 Å². The van der Waals surface area contributed by atoms with E-state index < -0.39 is 0 Å². The molecule has 0 atom stereocenters. The molecule has 0 spiro atoms. The van der Waals surface area contributed by atoms with Gasteiger partial charge in [-0.2, -0.15) is 0 Å². The second kappa shape index (κ2) is 14.0. The van der Waals surface area contributed by atoms with Crippen LogP contribution in [0.15, 0.2) is 48.5 Å². The van der Waals surface area contributed by atoms with Gasteiger partial charge in [0.05, 0.1) is 13.2 Å². The predicted octanol–water partition coefficient (Wildman–Crippen LogP) is 3.58. The number of carbonyl (C=O) groups is 2. The molecule has 7 nitrogen and oxygen atoms in total. The molecular formula is C29H40N4O3. The van der Waals surface area contributed by atoms with E-state index in [1.54, 1.807) is 0 Å². The van der Waals surface area contributed by atoms with Crippen molar-refractivity contribution in [2.24, 2.45) is 0 Å². The maximum absolute atomic E-state index is 12.9. The first-order valence-electron chi connectivity index (χ1n) is 13.5.